The number of hydrogen-bond acceptors (Lipinski definition) is 3. The zero-order chi connectivity index (χ0) is 15.9. The maximum atomic E-state index is 13.1. The molecule has 6 heteroatoms. The van der Waals surface area contributed by atoms with Gasteiger partial charge in [-0.3, -0.25) is 4.79 Å². The summed E-state index contributed by atoms with van der Waals surface area (Å²) in [4.78, 5) is 24.9. The smallest absolute Gasteiger partial charge is 0.409 e. The van der Waals surface area contributed by atoms with Crippen LogP contribution in [0.15, 0.2) is 24.3 Å². The van der Waals surface area contributed by atoms with E-state index in [1.54, 1.807) is 11.0 Å². The Balaban J connectivity index is 1.71. The van der Waals surface area contributed by atoms with Crippen LogP contribution in [-0.4, -0.2) is 43.1 Å². The molecule has 1 N–H and O–H groups in total. The number of rotatable bonds is 4. The van der Waals surface area contributed by atoms with E-state index in [1.165, 1.54) is 19.2 Å². The Morgan fingerprint density at radius 3 is 2.73 bits per heavy atom. The first-order chi connectivity index (χ1) is 10.6. The Kier molecular flexibility index (Phi) is 5.75. The third-order valence-electron chi connectivity index (χ3n) is 3.82. The molecule has 2 amide bonds. The van der Waals surface area contributed by atoms with Gasteiger partial charge in [0, 0.05) is 25.6 Å². The molecule has 0 atom stereocenters. The normalized spacial score (nSPS) is 15.5. The molecule has 0 saturated carbocycles. The van der Waals surface area contributed by atoms with Crippen LogP contribution in [0, 0.1) is 5.82 Å². The van der Waals surface area contributed by atoms with Crippen LogP contribution in [0.2, 0.25) is 0 Å². The van der Waals surface area contributed by atoms with Gasteiger partial charge in [0.1, 0.15) is 5.82 Å². The number of carbonyl (C=O) groups excluding carboxylic acids is 2. The van der Waals surface area contributed by atoms with E-state index in [4.69, 9.17) is 0 Å². The topological polar surface area (TPSA) is 58.6 Å². The number of nitrogens with one attached hydrogen (secondary N) is 1. The van der Waals surface area contributed by atoms with Gasteiger partial charge in [0.2, 0.25) is 5.91 Å². The number of piperidine rings is 1. The third-order valence-corrected chi connectivity index (χ3v) is 3.82. The number of methoxy groups -OCH3 is 1. The van der Waals surface area contributed by atoms with E-state index in [2.05, 4.69) is 10.1 Å². The van der Waals surface area contributed by atoms with E-state index in [0.29, 0.717) is 25.9 Å². The first-order valence-electron chi connectivity index (χ1n) is 7.45. The maximum Gasteiger partial charge on any atom is 0.409 e. The molecular weight excluding hydrogens is 287 g/mol. The molecule has 1 aliphatic heterocycles. The Hall–Kier alpha value is -2.11. The number of amides is 2. The Labute approximate surface area is 129 Å². The summed E-state index contributed by atoms with van der Waals surface area (Å²) in [6.45, 7) is 1.17. The SMILES string of the molecule is COC(=O)N1CCC(NC(=O)CCc2cccc(F)c2)CC1. The molecule has 0 spiro atoms. The lowest BCUT2D eigenvalue weighted by molar-refractivity contribution is -0.122. The summed E-state index contributed by atoms with van der Waals surface area (Å²) in [5, 5.41) is 2.97. The first kappa shape index (κ1) is 16.3. The van der Waals surface area contributed by atoms with Crippen LogP contribution in [0.4, 0.5) is 9.18 Å². The second kappa shape index (κ2) is 7.77. The molecule has 1 aromatic carbocycles. The van der Waals surface area contributed by atoms with Crippen LogP contribution < -0.4 is 5.32 Å². The van der Waals surface area contributed by atoms with Gasteiger partial charge in [-0.15, -0.1) is 0 Å². The molecule has 1 saturated heterocycles. The van der Waals surface area contributed by atoms with Crippen molar-refractivity contribution >= 4 is 12.0 Å². The number of halogens is 1. The van der Waals surface area contributed by atoms with Crippen molar-refractivity contribution in [3.8, 4) is 0 Å². The lowest BCUT2D eigenvalue weighted by Crippen LogP contribution is -2.46. The van der Waals surface area contributed by atoms with Gasteiger partial charge in [0.05, 0.1) is 7.11 Å². The van der Waals surface area contributed by atoms with Crippen molar-refractivity contribution in [1.82, 2.24) is 10.2 Å². The molecule has 0 aromatic heterocycles. The van der Waals surface area contributed by atoms with Gasteiger partial charge in [0.15, 0.2) is 0 Å². The second-order valence-electron chi connectivity index (χ2n) is 5.43. The highest BCUT2D eigenvalue weighted by atomic mass is 19.1. The maximum absolute atomic E-state index is 13.1. The molecule has 5 nitrogen and oxygen atoms in total. The summed E-state index contributed by atoms with van der Waals surface area (Å²) in [6, 6.07) is 6.37. The summed E-state index contributed by atoms with van der Waals surface area (Å²) in [6.07, 6.45) is 1.98. The van der Waals surface area contributed by atoms with Gasteiger partial charge < -0.3 is 15.0 Å². The molecule has 0 radical (unpaired) electrons. The van der Waals surface area contributed by atoms with E-state index in [9.17, 15) is 14.0 Å². The first-order valence-corrected chi connectivity index (χ1v) is 7.45. The van der Waals surface area contributed by atoms with Gasteiger partial charge in [-0.2, -0.15) is 0 Å². The summed E-state index contributed by atoms with van der Waals surface area (Å²) in [5.41, 5.74) is 0.815. The van der Waals surface area contributed by atoms with E-state index in [0.717, 1.165) is 18.4 Å². The summed E-state index contributed by atoms with van der Waals surface area (Å²) >= 11 is 0. The van der Waals surface area contributed by atoms with Crippen molar-refractivity contribution in [3.05, 3.63) is 35.6 Å². The van der Waals surface area contributed by atoms with Crippen LogP contribution in [0.5, 0.6) is 0 Å². The molecule has 120 valence electrons. The summed E-state index contributed by atoms with van der Waals surface area (Å²) < 4.78 is 17.7. The highest BCUT2D eigenvalue weighted by Gasteiger charge is 2.23. The quantitative estimate of drug-likeness (QED) is 0.927. The third kappa shape index (κ3) is 4.72. The average Bonchev–Trinajstić information content (AvgIpc) is 2.53. The summed E-state index contributed by atoms with van der Waals surface area (Å²) in [5.74, 6) is -0.325. The molecule has 0 aliphatic carbocycles. The number of hydrogen-bond donors (Lipinski definition) is 1. The van der Waals surface area contributed by atoms with E-state index in [1.807, 2.05) is 6.07 Å². The molecule has 2 rings (SSSR count). The van der Waals surface area contributed by atoms with Crippen molar-refractivity contribution < 1.29 is 18.7 Å². The average molecular weight is 308 g/mol. The van der Waals surface area contributed by atoms with Crippen molar-refractivity contribution in [2.45, 2.75) is 31.7 Å². The zero-order valence-electron chi connectivity index (χ0n) is 12.7. The lowest BCUT2D eigenvalue weighted by Gasteiger charge is -2.31. The monoisotopic (exact) mass is 308 g/mol. The number of aryl methyl sites for hydroxylation is 1. The summed E-state index contributed by atoms with van der Waals surface area (Å²) in [7, 11) is 1.36. The molecule has 22 heavy (non-hydrogen) atoms. The fourth-order valence-electron chi connectivity index (χ4n) is 2.59. The van der Waals surface area contributed by atoms with Gasteiger partial charge in [0.25, 0.3) is 0 Å². The van der Waals surface area contributed by atoms with Crippen LogP contribution >= 0.6 is 0 Å². The van der Waals surface area contributed by atoms with Crippen molar-refractivity contribution in [1.29, 1.82) is 0 Å². The zero-order valence-corrected chi connectivity index (χ0v) is 12.7. The van der Waals surface area contributed by atoms with Gasteiger partial charge in [-0.25, -0.2) is 9.18 Å². The number of nitrogens with zero attached hydrogens (tertiary/aromatic N) is 1. The Morgan fingerprint density at radius 2 is 2.09 bits per heavy atom. The van der Waals surface area contributed by atoms with Gasteiger partial charge in [-0.1, -0.05) is 12.1 Å². The van der Waals surface area contributed by atoms with Gasteiger partial charge in [-0.05, 0) is 37.0 Å². The minimum Gasteiger partial charge on any atom is -0.453 e. The Morgan fingerprint density at radius 1 is 1.36 bits per heavy atom. The molecular formula is C16H21FN2O3. The highest BCUT2D eigenvalue weighted by Crippen LogP contribution is 2.12. The number of benzene rings is 1. The van der Waals surface area contributed by atoms with Crippen molar-refractivity contribution in [2.24, 2.45) is 0 Å². The van der Waals surface area contributed by atoms with E-state index >= 15 is 0 Å². The number of likely N-dealkylation sites (tertiary alicyclic amines) is 1. The molecule has 1 fully saturated rings. The highest BCUT2D eigenvalue weighted by molar-refractivity contribution is 5.76. The minimum atomic E-state index is -0.323. The van der Waals surface area contributed by atoms with E-state index < -0.39 is 0 Å². The van der Waals surface area contributed by atoms with Gasteiger partial charge >= 0.3 is 6.09 Å². The van der Waals surface area contributed by atoms with Crippen LogP contribution in [0.1, 0.15) is 24.8 Å². The minimum absolute atomic E-state index is 0.0409. The second-order valence-corrected chi connectivity index (χ2v) is 5.43. The number of ether oxygens (including phenoxy) is 1. The fourth-order valence-corrected chi connectivity index (χ4v) is 2.59. The fraction of sp³-hybridized carbons (Fsp3) is 0.500. The standard InChI is InChI=1S/C16H21FN2O3/c1-22-16(21)19-9-7-14(8-10-19)18-15(20)6-5-12-3-2-4-13(17)11-12/h2-4,11,14H,5-10H2,1H3,(H,18,20). The largest absolute Gasteiger partial charge is 0.453 e. The van der Waals surface area contributed by atoms with E-state index in [-0.39, 0.29) is 23.9 Å². The Bertz CT molecular complexity index is 528. The molecule has 1 aliphatic rings. The van der Waals surface area contributed by atoms with Crippen molar-refractivity contribution in [2.75, 3.05) is 20.2 Å². The number of carbonyl (C=O) groups is 2. The molecule has 0 bridgehead atoms. The molecule has 1 heterocycles. The predicted molar refractivity (Wildman–Crippen MR) is 79.9 cm³/mol. The molecule has 0 unspecified atom stereocenters. The predicted octanol–water partition coefficient (Wildman–Crippen LogP) is 2.11. The van der Waals surface area contributed by atoms with Crippen LogP contribution in [0.25, 0.3) is 0 Å². The van der Waals surface area contributed by atoms with Crippen molar-refractivity contribution in [3.63, 3.8) is 0 Å². The lowest BCUT2D eigenvalue weighted by atomic mass is 10.0. The van der Waals surface area contributed by atoms with Crippen LogP contribution in [0.3, 0.4) is 0 Å². The van der Waals surface area contributed by atoms with Crippen LogP contribution in [-0.2, 0) is 16.0 Å². The molecule has 1 aromatic rings.